The number of benzene rings is 1. The molecule has 6 rings (SSSR count). The van der Waals surface area contributed by atoms with Crippen molar-refractivity contribution in [3.63, 3.8) is 0 Å². The Labute approximate surface area is 186 Å². The first kappa shape index (κ1) is 19.3. The molecule has 1 aliphatic carbocycles. The van der Waals surface area contributed by atoms with Gasteiger partial charge in [-0.05, 0) is 49.9 Å². The molecule has 1 amide bonds. The van der Waals surface area contributed by atoms with Crippen molar-refractivity contribution in [1.29, 1.82) is 0 Å². The van der Waals surface area contributed by atoms with E-state index in [1.807, 2.05) is 29.2 Å². The molecule has 2 aliphatic heterocycles. The third kappa shape index (κ3) is 3.49. The van der Waals surface area contributed by atoms with Crippen molar-refractivity contribution in [3.8, 4) is 28.7 Å². The fraction of sp³-hybridized carbons (Fsp3) is 0.417. The number of carbonyl (C=O) groups excluding carboxylic acids is 1. The average Bonchev–Trinajstić information content (AvgIpc) is 3.49. The van der Waals surface area contributed by atoms with Crippen LogP contribution in [0.3, 0.4) is 0 Å². The van der Waals surface area contributed by atoms with E-state index in [1.54, 1.807) is 17.1 Å². The molecule has 2 fully saturated rings. The molecule has 8 heteroatoms. The van der Waals surface area contributed by atoms with Gasteiger partial charge in [-0.25, -0.2) is 14.6 Å². The van der Waals surface area contributed by atoms with E-state index in [1.165, 1.54) is 12.8 Å². The predicted molar refractivity (Wildman–Crippen MR) is 117 cm³/mol. The van der Waals surface area contributed by atoms with E-state index < -0.39 is 0 Å². The van der Waals surface area contributed by atoms with Crippen molar-refractivity contribution >= 4 is 5.91 Å². The summed E-state index contributed by atoms with van der Waals surface area (Å²) < 4.78 is 12.7. The Kier molecular flexibility index (Phi) is 4.78. The summed E-state index contributed by atoms with van der Waals surface area (Å²) in [5.41, 5.74) is 3.33. The zero-order chi connectivity index (χ0) is 21.5. The highest BCUT2D eigenvalue weighted by molar-refractivity contribution is 5.95. The van der Waals surface area contributed by atoms with Crippen LogP contribution >= 0.6 is 0 Å². The minimum absolute atomic E-state index is 0.0898. The highest BCUT2D eigenvalue weighted by Crippen LogP contribution is 2.43. The zero-order valence-electron chi connectivity index (χ0n) is 17.9. The molecule has 0 unspecified atom stereocenters. The molecule has 0 spiro atoms. The molecule has 1 aromatic carbocycles. The van der Waals surface area contributed by atoms with Gasteiger partial charge in [0.15, 0.2) is 11.5 Å². The van der Waals surface area contributed by atoms with E-state index in [4.69, 9.17) is 14.5 Å². The molecule has 3 aromatic rings. The van der Waals surface area contributed by atoms with Crippen molar-refractivity contribution in [2.75, 3.05) is 19.9 Å². The van der Waals surface area contributed by atoms with Gasteiger partial charge >= 0.3 is 0 Å². The third-order valence-corrected chi connectivity index (χ3v) is 6.39. The Morgan fingerprint density at radius 3 is 2.62 bits per heavy atom. The number of aromatic nitrogens is 4. The number of ether oxygens (including phenoxy) is 2. The standard InChI is InChI=1S/C24H25N5O3/c30-23(28-11-3-1-2-4-12-28)18-14-26-29(22(18)16-5-6-16)24-25-10-9-19(27-24)17-7-8-20-21(13-17)32-15-31-20/h7-10,13-14,16H,1-6,11-12,15H2. The molecule has 1 saturated heterocycles. The van der Waals surface area contributed by atoms with Crippen molar-refractivity contribution in [2.24, 2.45) is 0 Å². The number of likely N-dealkylation sites (tertiary alicyclic amines) is 1. The average molecular weight is 431 g/mol. The van der Waals surface area contributed by atoms with Crippen molar-refractivity contribution in [2.45, 2.75) is 44.4 Å². The van der Waals surface area contributed by atoms with Crippen LogP contribution in [0, 0.1) is 0 Å². The maximum atomic E-state index is 13.4. The molecular formula is C24H25N5O3. The number of rotatable bonds is 4. The second-order valence-electron chi connectivity index (χ2n) is 8.65. The van der Waals surface area contributed by atoms with Gasteiger partial charge in [0.05, 0.1) is 23.1 Å². The van der Waals surface area contributed by atoms with Crippen LogP contribution in [0.4, 0.5) is 0 Å². The lowest BCUT2D eigenvalue weighted by atomic mass is 10.1. The summed E-state index contributed by atoms with van der Waals surface area (Å²) in [5.74, 6) is 2.36. The summed E-state index contributed by atoms with van der Waals surface area (Å²) in [6.45, 7) is 1.88. The van der Waals surface area contributed by atoms with Gasteiger partial charge in [-0.1, -0.05) is 12.8 Å². The van der Waals surface area contributed by atoms with Crippen LogP contribution in [0.1, 0.15) is 60.5 Å². The molecule has 3 aliphatic rings. The number of nitrogens with zero attached hydrogens (tertiary/aromatic N) is 5. The zero-order valence-corrected chi connectivity index (χ0v) is 17.9. The summed E-state index contributed by atoms with van der Waals surface area (Å²) in [6.07, 6.45) is 10.1. The number of fused-ring (bicyclic) bond motifs is 1. The van der Waals surface area contributed by atoms with Crippen LogP contribution in [0.5, 0.6) is 11.5 Å². The summed E-state index contributed by atoms with van der Waals surface area (Å²) >= 11 is 0. The second kappa shape index (κ2) is 7.93. The van der Waals surface area contributed by atoms with Crippen LogP contribution in [-0.4, -0.2) is 50.4 Å². The summed E-state index contributed by atoms with van der Waals surface area (Å²) in [5, 5.41) is 4.58. The number of carbonyl (C=O) groups is 1. The van der Waals surface area contributed by atoms with Crippen molar-refractivity contribution in [1.82, 2.24) is 24.6 Å². The van der Waals surface area contributed by atoms with Gasteiger partial charge in [0.1, 0.15) is 0 Å². The van der Waals surface area contributed by atoms with E-state index in [9.17, 15) is 4.79 Å². The van der Waals surface area contributed by atoms with E-state index in [2.05, 4.69) is 10.1 Å². The molecule has 0 radical (unpaired) electrons. The Morgan fingerprint density at radius 1 is 1.00 bits per heavy atom. The van der Waals surface area contributed by atoms with E-state index in [0.717, 1.165) is 61.5 Å². The lowest BCUT2D eigenvalue weighted by Crippen LogP contribution is -2.32. The van der Waals surface area contributed by atoms with Gasteiger partial charge in [-0.15, -0.1) is 0 Å². The maximum Gasteiger partial charge on any atom is 0.257 e. The molecule has 2 aromatic heterocycles. The maximum absolute atomic E-state index is 13.4. The fourth-order valence-corrected chi connectivity index (χ4v) is 4.54. The SMILES string of the molecule is O=C(c1cnn(-c2nccc(-c3ccc4c(c3)OCO4)n2)c1C1CC1)N1CCCCCC1. The van der Waals surface area contributed by atoms with Gasteiger partial charge in [-0.2, -0.15) is 5.10 Å². The Morgan fingerprint density at radius 2 is 1.81 bits per heavy atom. The van der Waals surface area contributed by atoms with Gasteiger partial charge in [0.25, 0.3) is 11.9 Å². The highest BCUT2D eigenvalue weighted by atomic mass is 16.7. The fourth-order valence-electron chi connectivity index (χ4n) is 4.54. The molecule has 0 N–H and O–H groups in total. The monoisotopic (exact) mass is 431 g/mol. The van der Waals surface area contributed by atoms with Crippen LogP contribution in [-0.2, 0) is 0 Å². The van der Waals surface area contributed by atoms with Crippen LogP contribution in [0.25, 0.3) is 17.2 Å². The predicted octanol–water partition coefficient (Wildman–Crippen LogP) is 3.95. The van der Waals surface area contributed by atoms with Crippen LogP contribution < -0.4 is 9.47 Å². The van der Waals surface area contributed by atoms with Gasteiger partial charge in [0, 0.05) is 30.8 Å². The number of hydrogen-bond donors (Lipinski definition) is 0. The summed E-state index contributed by atoms with van der Waals surface area (Å²) in [6, 6.07) is 7.64. The summed E-state index contributed by atoms with van der Waals surface area (Å²) in [7, 11) is 0. The quantitative estimate of drug-likeness (QED) is 0.622. The van der Waals surface area contributed by atoms with E-state index in [0.29, 0.717) is 23.2 Å². The van der Waals surface area contributed by atoms with Crippen LogP contribution in [0.2, 0.25) is 0 Å². The Balaban J connectivity index is 1.35. The first-order chi connectivity index (χ1) is 15.8. The molecule has 32 heavy (non-hydrogen) atoms. The minimum Gasteiger partial charge on any atom is -0.454 e. The first-order valence-corrected chi connectivity index (χ1v) is 11.4. The molecule has 1 saturated carbocycles. The molecule has 164 valence electrons. The Hall–Kier alpha value is -3.42. The largest absolute Gasteiger partial charge is 0.454 e. The molecule has 8 nitrogen and oxygen atoms in total. The molecule has 4 heterocycles. The molecule has 0 atom stereocenters. The van der Waals surface area contributed by atoms with E-state index >= 15 is 0 Å². The molecular weight excluding hydrogens is 406 g/mol. The normalized spacial score (nSPS) is 17.9. The summed E-state index contributed by atoms with van der Waals surface area (Å²) in [4.78, 5) is 24.6. The third-order valence-electron chi connectivity index (χ3n) is 6.39. The van der Waals surface area contributed by atoms with Crippen molar-refractivity contribution < 1.29 is 14.3 Å². The first-order valence-electron chi connectivity index (χ1n) is 11.4. The second-order valence-corrected chi connectivity index (χ2v) is 8.65. The van der Waals surface area contributed by atoms with Gasteiger partial charge in [0.2, 0.25) is 6.79 Å². The lowest BCUT2D eigenvalue weighted by Gasteiger charge is -2.20. The van der Waals surface area contributed by atoms with E-state index in [-0.39, 0.29) is 12.7 Å². The highest BCUT2D eigenvalue weighted by Gasteiger charge is 2.35. The molecule has 0 bridgehead atoms. The lowest BCUT2D eigenvalue weighted by molar-refractivity contribution is 0.0760. The van der Waals surface area contributed by atoms with Gasteiger partial charge < -0.3 is 14.4 Å². The minimum atomic E-state index is 0.0898. The Bertz CT molecular complexity index is 1160. The van der Waals surface area contributed by atoms with Crippen molar-refractivity contribution in [3.05, 3.63) is 47.9 Å². The van der Waals surface area contributed by atoms with Gasteiger partial charge in [-0.3, -0.25) is 4.79 Å². The number of hydrogen-bond acceptors (Lipinski definition) is 6. The van der Waals surface area contributed by atoms with Crippen LogP contribution in [0.15, 0.2) is 36.7 Å². The number of amides is 1. The smallest absolute Gasteiger partial charge is 0.257 e. The topological polar surface area (TPSA) is 82.4 Å².